The van der Waals surface area contributed by atoms with E-state index in [9.17, 15) is 4.79 Å². The molecule has 0 heterocycles. The first kappa shape index (κ1) is 13.7. The highest BCUT2D eigenvalue weighted by Gasteiger charge is 2.08. The lowest BCUT2D eigenvalue weighted by atomic mass is 10.1. The van der Waals surface area contributed by atoms with Crippen molar-refractivity contribution in [1.29, 1.82) is 0 Å². The monoisotopic (exact) mass is 237 g/mol. The number of hydrogen-bond donors (Lipinski definition) is 2. The molecule has 0 radical (unpaired) electrons. The van der Waals surface area contributed by atoms with Crippen LogP contribution in [0.15, 0.2) is 24.3 Å². The van der Waals surface area contributed by atoms with Gasteiger partial charge in [-0.25, -0.2) is 0 Å². The van der Waals surface area contributed by atoms with Gasteiger partial charge in [-0.1, -0.05) is 24.3 Å². The Morgan fingerprint density at radius 2 is 2.18 bits per heavy atom. The Morgan fingerprint density at radius 1 is 1.47 bits per heavy atom. The van der Waals surface area contributed by atoms with Crippen LogP contribution >= 0.6 is 0 Å². The largest absolute Gasteiger partial charge is 0.469 e. The van der Waals surface area contributed by atoms with Gasteiger partial charge in [0.25, 0.3) is 0 Å². The fourth-order valence-electron chi connectivity index (χ4n) is 1.54. The number of hydrogen-bond acceptors (Lipinski definition) is 4. The molecule has 0 bridgehead atoms. The lowest BCUT2D eigenvalue weighted by molar-refractivity contribution is -0.141. The van der Waals surface area contributed by atoms with Crippen LogP contribution in [0.25, 0.3) is 0 Å². The van der Waals surface area contributed by atoms with E-state index in [4.69, 9.17) is 5.11 Å². The summed E-state index contributed by atoms with van der Waals surface area (Å²) in [4.78, 5) is 11.0. The van der Waals surface area contributed by atoms with Crippen molar-refractivity contribution in [2.45, 2.75) is 32.5 Å². The Morgan fingerprint density at radius 3 is 2.82 bits per heavy atom. The van der Waals surface area contributed by atoms with Crippen LogP contribution in [-0.2, 0) is 22.7 Å². The molecule has 0 aliphatic heterocycles. The van der Waals surface area contributed by atoms with E-state index in [1.807, 2.05) is 31.2 Å². The summed E-state index contributed by atoms with van der Waals surface area (Å²) in [5.74, 6) is -0.214. The Kier molecular flexibility index (Phi) is 5.66. The van der Waals surface area contributed by atoms with Gasteiger partial charge in [0.15, 0.2) is 0 Å². The first-order chi connectivity index (χ1) is 8.15. The number of benzene rings is 1. The molecule has 1 unspecified atom stereocenters. The number of aliphatic hydroxyl groups excluding tert-OH is 1. The number of nitrogens with one attached hydrogen (secondary N) is 1. The van der Waals surface area contributed by atoms with Gasteiger partial charge in [-0.15, -0.1) is 0 Å². The summed E-state index contributed by atoms with van der Waals surface area (Å²) in [6.07, 6.45) is 0.357. The van der Waals surface area contributed by atoms with E-state index in [1.165, 1.54) is 7.11 Å². The number of methoxy groups -OCH3 is 1. The summed E-state index contributed by atoms with van der Waals surface area (Å²) in [6.45, 7) is 2.66. The van der Waals surface area contributed by atoms with Gasteiger partial charge in [-0.3, -0.25) is 4.79 Å². The molecular weight excluding hydrogens is 218 g/mol. The van der Waals surface area contributed by atoms with Crippen molar-refractivity contribution < 1.29 is 14.6 Å². The minimum absolute atomic E-state index is 0.0472. The number of carbonyl (C=O) groups excluding carboxylic acids is 1. The average Bonchev–Trinajstić information content (AvgIpc) is 2.36. The summed E-state index contributed by atoms with van der Waals surface area (Å²) in [5, 5.41) is 12.2. The zero-order valence-electron chi connectivity index (χ0n) is 10.3. The van der Waals surface area contributed by atoms with Gasteiger partial charge in [0.05, 0.1) is 20.1 Å². The summed E-state index contributed by atoms with van der Waals surface area (Å²) < 4.78 is 4.60. The second-order valence-corrected chi connectivity index (χ2v) is 4.04. The van der Waals surface area contributed by atoms with E-state index >= 15 is 0 Å². The van der Waals surface area contributed by atoms with Gasteiger partial charge >= 0.3 is 5.97 Å². The van der Waals surface area contributed by atoms with E-state index in [0.29, 0.717) is 13.0 Å². The van der Waals surface area contributed by atoms with E-state index in [2.05, 4.69) is 10.1 Å². The van der Waals surface area contributed by atoms with Crippen LogP contribution in [0.2, 0.25) is 0 Å². The third-order valence-corrected chi connectivity index (χ3v) is 2.53. The molecule has 0 aliphatic rings. The van der Waals surface area contributed by atoms with Crippen LogP contribution in [0.1, 0.15) is 24.5 Å². The third kappa shape index (κ3) is 4.97. The van der Waals surface area contributed by atoms with Crippen LogP contribution in [0.3, 0.4) is 0 Å². The van der Waals surface area contributed by atoms with Gasteiger partial charge in [0.2, 0.25) is 0 Å². The van der Waals surface area contributed by atoms with Gasteiger partial charge in [0, 0.05) is 12.6 Å². The summed E-state index contributed by atoms with van der Waals surface area (Å²) >= 11 is 0. The first-order valence-corrected chi connectivity index (χ1v) is 5.64. The average molecular weight is 237 g/mol. The third-order valence-electron chi connectivity index (χ3n) is 2.53. The van der Waals surface area contributed by atoms with Gasteiger partial charge in [-0.2, -0.15) is 0 Å². The molecule has 17 heavy (non-hydrogen) atoms. The molecule has 1 aromatic rings. The van der Waals surface area contributed by atoms with Crippen LogP contribution in [0.4, 0.5) is 0 Å². The second kappa shape index (κ2) is 7.04. The number of carbonyl (C=O) groups is 1. The number of ether oxygens (including phenoxy) is 1. The Balaban J connectivity index is 2.41. The predicted octanol–water partition coefficient (Wildman–Crippen LogP) is 1.22. The summed E-state index contributed by atoms with van der Waals surface area (Å²) in [5.41, 5.74) is 1.98. The van der Waals surface area contributed by atoms with E-state index < -0.39 is 0 Å². The van der Waals surface area contributed by atoms with Crippen molar-refractivity contribution in [1.82, 2.24) is 5.32 Å². The van der Waals surface area contributed by atoms with Gasteiger partial charge in [0.1, 0.15) is 0 Å². The Bertz CT molecular complexity index is 365. The molecule has 0 aliphatic carbocycles. The van der Waals surface area contributed by atoms with Crippen LogP contribution in [0, 0.1) is 0 Å². The molecule has 1 aromatic carbocycles. The molecular formula is C13H19NO3. The maximum Gasteiger partial charge on any atom is 0.307 e. The lowest BCUT2D eigenvalue weighted by Gasteiger charge is -2.12. The first-order valence-electron chi connectivity index (χ1n) is 5.64. The maximum atomic E-state index is 11.0. The normalized spacial score (nSPS) is 12.2. The highest BCUT2D eigenvalue weighted by molar-refractivity contribution is 5.69. The van der Waals surface area contributed by atoms with Crippen molar-refractivity contribution in [2.75, 3.05) is 7.11 Å². The molecule has 1 rings (SSSR count). The highest BCUT2D eigenvalue weighted by atomic mass is 16.5. The minimum atomic E-state index is -0.214. The molecule has 0 fully saturated rings. The van der Waals surface area contributed by atoms with Gasteiger partial charge in [-0.05, 0) is 18.1 Å². The fourth-order valence-corrected chi connectivity index (χ4v) is 1.54. The second-order valence-electron chi connectivity index (χ2n) is 4.04. The standard InChI is InChI=1S/C13H19NO3/c1-10(6-13(16)17-2)14-8-11-4-3-5-12(7-11)9-15/h3-5,7,10,14-15H,6,8-9H2,1-2H3. The van der Waals surface area contributed by atoms with Crippen molar-refractivity contribution in [2.24, 2.45) is 0 Å². The smallest absolute Gasteiger partial charge is 0.307 e. The molecule has 0 spiro atoms. The van der Waals surface area contributed by atoms with Gasteiger partial charge < -0.3 is 15.2 Å². The summed E-state index contributed by atoms with van der Waals surface area (Å²) in [7, 11) is 1.39. The topological polar surface area (TPSA) is 58.6 Å². The highest BCUT2D eigenvalue weighted by Crippen LogP contribution is 2.05. The minimum Gasteiger partial charge on any atom is -0.469 e. The molecule has 4 nitrogen and oxygen atoms in total. The molecule has 4 heteroatoms. The molecule has 0 amide bonds. The van der Waals surface area contributed by atoms with Crippen molar-refractivity contribution >= 4 is 5.97 Å². The lowest BCUT2D eigenvalue weighted by Crippen LogP contribution is -2.28. The Hall–Kier alpha value is -1.39. The molecule has 0 saturated carbocycles. The predicted molar refractivity (Wildman–Crippen MR) is 65.3 cm³/mol. The maximum absolute atomic E-state index is 11.0. The van der Waals surface area contributed by atoms with E-state index in [0.717, 1.165) is 11.1 Å². The molecule has 1 atom stereocenters. The number of aliphatic hydroxyl groups is 1. The van der Waals surface area contributed by atoms with E-state index in [1.54, 1.807) is 0 Å². The number of rotatable bonds is 6. The zero-order chi connectivity index (χ0) is 12.7. The van der Waals surface area contributed by atoms with Crippen molar-refractivity contribution in [3.05, 3.63) is 35.4 Å². The Labute approximate surface area is 102 Å². The zero-order valence-corrected chi connectivity index (χ0v) is 10.3. The van der Waals surface area contributed by atoms with E-state index in [-0.39, 0.29) is 18.6 Å². The quantitative estimate of drug-likeness (QED) is 0.730. The number of esters is 1. The molecule has 2 N–H and O–H groups in total. The molecule has 0 saturated heterocycles. The van der Waals surface area contributed by atoms with Crippen LogP contribution < -0.4 is 5.32 Å². The van der Waals surface area contributed by atoms with Crippen molar-refractivity contribution in [3.8, 4) is 0 Å². The van der Waals surface area contributed by atoms with Crippen LogP contribution in [0.5, 0.6) is 0 Å². The fraction of sp³-hybridized carbons (Fsp3) is 0.462. The SMILES string of the molecule is COC(=O)CC(C)NCc1cccc(CO)c1. The molecule has 0 aromatic heterocycles. The van der Waals surface area contributed by atoms with Crippen molar-refractivity contribution in [3.63, 3.8) is 0 Å². The summed E-state index contributed by atoms with van der Waals surface area (Å²) in [6, 6.07) is 7.78. The van der Waals surface area contributed by atoms with Crippen LogP contribution in [-0.4, -0.2) is 24.2 Å². The molecule has 94 valence electrons.